The van der Waals surface area contributed by atoms with Gasteiger partial charge in [-0.15, -0.1) is 11.6 Å². The van der Waals surface area contributed by atoms with Gasteiger partial charge in [-0.2, -0.15) is 10.2 Å². The third-order valence-corrected chi connectivity index (χ3v) is 2.46. The summed E-state index contributed by atoms with van der Waals surface area (Å²) in [7, 11) is 1.57. The summed E-state index contributed by atoms with van der Waals surface area (Å²) in [5.41, 5.74) is 1.84. The maximum absolute atomic E-state index is 11.8. The van der Waals surface area contributed by atoms with E-state index in [2.05, 4.69) is 15.5 Å². The minimum Gasteiger partial charge on any atom is -0.383 e. The van der Waals surface area contributed by atoms with Crippen molar-refractivity contribution in [1.29, 1.82) is 0 Å². The molecule has 6 heteroatoms. The molecule has 1 atom stereocenters. The van der Waals surface area contributed by atoms with Crippen LogP contribution in [0.15, 0.2) is 6.07 Å². The van der Waals surface area contributed by atoms with E-state index in [1.807, 2.05) is 0 Å². The van der Waals surface area contributed by atoms with Gasteiger partial charge < -0.3 is 10.1 Å². The van der Waals surface area contributed by atoms with Crippen LogP contribution in [0, 0.1) is 13.8 Å². The Balaban J connectivity index is 2.61. The molecule has 94 valence electrons. The smallest absolute Gasteiger partial charge is 0.253 e. The van der Waals surface area contributed by atoms with Gasteiger partial charge in [0.05, 0.1) is 28.9 Å². The molecule has 1 aromatic rings. The van der Waals surface area contributed by atoms with Gasteiger partial charge in [0.1, 0.15) is 0 Å². The number of carbonyl (C=O) groups excluding carboxylic acids is 1. The van der Waals surface area contributed by atoms with Crippen molar-refractivity contribution in [3.05, 3.63) is 23.0 Å². The molecule has 1 unspecified atom stereocenters. The Bertz CT molecular complexity index is 398. The van der Waals surface area contributed by atoms with Crippen LogP contribution in [-0.4, -0.2) is 41.7 Å². The van der Waals surface area contributed by atoms with E-state index in [1.54, 1.807) is 27.0 Å². The van der Waals surface area contributed by atoms with E-state index in [0.717, 1.165) is 0 Å². The van der Waals surface area contributed by atoms with Gasteiger partial charge in [0.2, 0.25) is 0 Å². The second-order valence-corrected chi connectivity index (χ2v) is 4.36. The summed E-state index contributed by atoms with van der Waals surface area (Å²) >= 11 is 5.92. The molecule has 1 N–H and O–H groups in total. The number of ether oxygens (including phenoxy) is 1. The largest absolute Gasteiger partial charge is 0.383 e. The standard InChI is InChI=1S/C11H16ClN3O2/c1-7-4-10(8(2)15-14-7)11(16)13-5-9(12)6-17-3/h4,9H,5-6H2,1-3H3,(H,13,16). The lowest BCUT2D eigenvalue weighted by Crippen LogP contribution is -2.32. The highest BCUT2D eigenvalue weighted by Crippen LogP contribution is 2.05. The first-order valence-corrected chi connectivity index (χ1v) is 5.70. The highest BCUT2D eigenvalue weighted by molar-refractivity contribution is 6.21. The van der Waals surface area contributed by atoms with Crippen LogP contribution >= 0.6 is 11.6 Å². The number of carbonyl (C=O) groups is 1. The third-order valence-electron chi connectivity index (χ3n) is 2.18. The maximum atomic E-state index is 11.8. The summed E-state index contributed by atoms with van der Waals surface area (Å²) in [5, 5.41) is 10.3. The third kappa shape index (κ3) is 4.28. The van der Waals surface area contributed by atoms with E-state index in [1.165, 1.54) is 0 Å². The van der Waals surface area contributed by atoms with Crippen LogP contribution in [0.1, 0.15) is 21.7 Å². The van der Waals surface area contributed by atoms with Crippen molar-refractivity contribution in [1.82, 2.24) is 15.5 Å². The van der Waals surface area contributed by atoms with E-state index in [0.29, 0.717) is 30.1 Å². The van der Waals surface area contributed by atoms with E-state index in [9.17, 15) is 4.79 Å². The zero-order chi connectivity index (χ0) is 12.8. The Morgan fingerprint density at radius 3 is 2.88 bits per heavy atom. The number of hydrogen-bond donors (Lipinski definition) is 1. The van der Waals surface area contributed by atoms with Gasteiger partial charge in [-0.3, -0.25) is 4.79 Å². The quantitative estimate of drug-likeness (QED) is 0.802. The highest BCUT2D eigenvalue weighted by atomic mass is 35.5. The van der Waals surface area contributed by atoms with Crippen LogP contribution in [0.25, 0.3) is 0 Å². The molecule has 1 heterocycles. The van der Waals surface area contributed by atoms with Crippen LogP contribution in [0.2, 0.25) is 0 Å². The maximum Gasteiger partial charge on any atom is 0.253 e. The molecular weight excluding hydrogens is 242 g/mol. The molecular formula is C11H16ClN3O2. The summed E-state index contributed by atoms with van der Waals surface area (Å²) in [6, 6.07) is 1.71. The average Bonchev–Trinajstić information content (AvgIpc) is 2.29. The van der Waals surface area contributed by atoms with Crippen LogP contribution < -0.4 is 5.32 Å². The molecule has 0 bridgehead atoms. The number of amides is 1. The van der Waals surface area contributed by atoms with Crippen LogP contribution in [-0.2, 0) is 4.74 Å². The Labute approximate surface area is 106 Å². The first kappa shape index (κ1) is 13.9. The number of methoxy groups -OCH3 is 1. The van der Waals surface area contributed by atoms with E-state index in [4.69, 9.17) is 16.3 Å². The molecule has 17 heavy (non-hydrogen) atoms. The number of aromatic nitrogens is 2. The zero-order valence-electron chi connectivity index (χ0n) is 10.2. The Morgan fingerprint density at radius 1 is 1.53 bits per heavy atom. The summed E-state index contributed by atoms with van der Waals surface area (Å²) < 4.78 is 4.88. The van der Waals surface area contributed by atoms with E-state index < -0.39 is 0 Å². The molecule has 0 aliphatic carbocycles. The molecule has 1 aromatic heterocycles. The fraction of sp³-hybridized carbons (Fsp3) is 0.545. The molecule has 0 aromatic carbocycles. The number of rotatable bonds is 5. The summed E-state index contributed by atoms with van der Waals surface area (Å²) in [6.07, 6.45) is 0. The molecule has 1 amide bonds. The molecule has 0 saturated heterocycles. The van der Waals surface area contributed by atoms with Crippen molar-refractivity contribution >= 4 is 17.5 Å². The number of nitrogens with zero attached hydrogens (tertiary/aromatic N) is 2. The molecule has 0 aliphatic rings. The van der Waals surface area contributed by atoms with Crippen LogP contribution in [0.5, 0.6) is 0 Å². The van der Waals surface area contributed by atoms with Gasteiger partial charge >= 0.3 is 0 Å². The fourth-order valence-corrected chi connectivity index (χ4v) is 1.52. The predicted octanol–water partition coefficient (Wildman–Crippen LogP) is 1.08. The lowest BCUT2D eigenvalue weighted by atomic mass is 10.2. The summed E-state index contributed by atoms with van der Waals surface area (Å²) in [4.78, 5) is 11.8. The molecule has 0 fully saturated rings. The molecule has 5 nitrogen and oxygen atoms in total. The second kappa shape index (κ2) is 6.51. The average molecular weight is 258 g/mol. The monoisotopic (exact) mass is 257 g/mol. The van der Waals surface area contributed by atoms with Gasteiger partial charge in [-0.1, -0.05) is 0 Å². The van der Waals surface area contributed by atoms with E-state index in [-0.39, 0.29) is 11.3 Å². The summed E-state index contributed by atoms with van der Waals surface area (Å²) in [6.45, 7) is 4.29. The van der Waals surface area contributed by atoms with E-state index >= 15 is 0 Å². The fourth-order valence-electron chi connectivity index (χ4n) is 1.32. The molecule has 0 spiro atoms. The van der Waals surface area contributed by atoms with Gasteiger partial charge in [0.15, 0.2) is 0 Å². The second-order valence-electron chi connectivity index (χ2n) is 3.75. The van der Waals surface area contributed by atoms with Crippen molar-refractivity contribution in [3.63, 3.8) is 0 Å². The molecule has 0 aliphatic heterocycles. The van der Waals surface area contributed by atoms with Crippen molar-refractivity contribution < 1.29 is 9.53 Å². The van der Waals surface area contributed by atoms with Gasteiger partial charge in [-0.25, -0.2) is 0 Å². The Hall–Kier alpha value is -1.20. The van der Waals surface area contributed by atoms with Gasteiger partial charge in [0, 0.05) is 13.7 Å². The zero-order valence-corrected chi connectivity index (χ0v) is 10.9. The first-order chi connectivity index (χ1) is 8.04. The van der Waals surface area contributed by atoms with Crippen molar-refractivity contribution in [2.24, 2.45) is 0 Å². The molecule has 0 radical (unpaired) electrons. The summed E-state index contributed by atoms with van der Waals surface area (Å²) in [5.74, 6) is -0.192. The molecule has 1 rings (SSSR count). The minimum atomic E-state index is -0.236. The normalized spacial score (nSPS) is 12.2. The predicted molar refractivity (Wildman–Crippen MR) is 65.4 cm³/mol. The number of hydrogen-bond acceptors (Lipinski definition) is 4. The van der Waals surface area contributed by atoms with Crippen molar-refractivity contribution in [2.75, 3.05) is 20.3 Å². The highest BCUT2D eigenvalue weighted by Gasteiger charge is 2.12. The minimum absolute atomic E-state index is 0.192. The lowest BCUT2D eigenvalue weighted by molar-refractivity contribution is 0.0948. The van der Waals surface area contributed by atoms with Crippen molar-refractivity contribution in [2.45, 2.75) is 19.2 Å². The number of halogens is 1. The number of nitrogens with one attached hydrogen (secondary N) is 1. The van der Waals surface area contributed by atoms with Crippen LogP contribution in [0.3, 0.4) is 0 Å². The van der Waals surface area contributed by atoms with Crippen LogP contribution in [0.4, 0.5) is 0 Å². The topological polar surface area (TPSA) is 64.1 Å². The van der Waals surface area contributed by atoms with Gasteiger partial charge in [0.25, 0.3) is 5.91 Å². The molecule has 0 saturated carbocycles. The van der Waals surface area contributed by atoms with Gasteiger partial charge in [-0.05, 0) is 19.9 Å². The Kier molecular flexibility index (Phi) is 5.31. The Morgan fingerprint density at radius 2 is 2.24 bits per heavy atom. The first-order valence-electron chi connectivity index (χ1n) is 5.26. The van der Waals surface area contributed by atoms with Crippen molar-refractivity contribution in [3.8, 4) is 0 Å². The number of alkyl halides is 1. The SMILES string of the molecule is COCC(Cl)CNC(=O)c1cc(C)nnc1C. The lowest BCUT2D eigenvalue weighted by Gasteiger charge is -2.10. The number of aryl methyl sites for hydroxylation is 2.